The van der Waals surface area contributed by atoms with Crippen LogP contribution >= 0.6 is 24.0 Å². The van der Waals surface area contributed by atoms with E-state index in [1.807, 2.05) is 48.5 Å². The van der Waals surface area contributed by atoms with Gasteiger partial charge in [-0.1, -0.05) is 31.2 Å². The van der Waals surface area contributed by atoms with E-state index in [0.29, 0.717) is 30.0 Å². The number of nitrogens with zero attached hydrogens (tertiary/aromatic N) is 2. The molecule has 3 N–H and O–H groups in total. The maximum absolute atomic E-state index is 6.03. The highest BCUT2D eigenvalue weighted by Crippen LogP contribution is 2.30. The van der Waals surface area contributed by atoms with Crippen molar-refractivity contribution >= 4 is 29.9 Å². The van der Waals surface area contributed by atoms with Crippen LogP contribution < -0.4 is 20.5 Å². The van der Waals surface area contributed by atoms with Gasteiger partial charge in [0.1, 0.15) is 5.75 Å². The van der Waals surface area contributed by atoms with Crippen molar-refractivity contribution in [1.29, 1.82) is 0 Å². The molecule has 0 amide bonds. The molecule has 0 spiro atoms. The average molecular weight is 510 g/mol. The monoisotopic (exact) mass is 510 g/mol. The molecule has 1 aliphatic rings. The Hall–Kier alpha value is -2.00. The minimum absolute atomic E-state index is 0. The fourth-order valence-electron chi connectivity index (χ4n) is 3.49. The highest BCUT2D eigenvalue weighted by atomic mass is 127. The Balaban J connectivity index is 0.00000300. The van der Waals surface area contributed by atoms with Gasteiger partial charge in [0, 0.05) is 12.6 Å². The smallest absolute Gasteiger partial charge is 0.188 e. The summed E-state index contributed by atoms with van der Waals surface area (Å²) in [7, 11) is 1.63. The van der Waals surface area contributed by atoms with E-state index in [2.05, 4.69) is 22.1 Å². The standard InChI is InChI=1S/C22H30N4O2.HI/c1-3-26-14-6-7-18(26)16-25-22(23)24-15-17-10-12-19(13-11-17)28-21-9-5-4-8-20(21)27-2;/h4-5,8-13,18H,3,6-7,14-16H2,1-2H3,(H3,23,24,25);1H. The molecule has 7 heteroatoms. The average Bonchev–Trinajstić information content (AvgIpc) is 3.20. The van der Waals surface area contributed by atoms with Crippen LogP contribution in [0.2, 0.25) is 0 Å². The fourth-order valence-corrected chi connectivity index (χ4v) is 3.49. The summed E-state index contributed by atoms with van der Waals surface area (Å²) in [5.41, 5.74) is 7.11. The molecule has 6 nitrogen and oxygen atoms in total. The first-order chi connectivity index (χ1) is 13.7. The lowest BCUT2D eigenvalue weighted by Gasteiger charge is -2.23. The van der Waals surface area contributed by atoms with Crippen LogP contribution in [0.15, 0.2) is 53.5 Å². The minimum atomic E-state index is 0. The third-order valence-corrected chi connectivity index (χ3v) is 5.08. The predicted molar refractivity (Wildman–Crippen MR) is 129 cm³/mol. The molecule has 3 rings (SSSR count). The number of likely N-dealkylation sites (tertiary alicyclic amines) is 1. The zero-order chi connectivity index (χ0) is 19.8. The van der Waals surface area contributed by atoms with Gasteiger partial charge in [-0.05, 0) is 55.8 Å². The van der Waals surface area contributed by atoms with Crippen molar-refractivity contribution in [1.82, 2.24) is 10.2 Å². The van der Waals surface area contributed by atoms with Gasteiger partial charge in [0.25, 0.3) is 0 Å². The number of nitrogens with one attached hydrogen (secondary N) is 1. The number of hydrogen-bond donors (Lipinski definition) is 2. The SMILES string of the molecule is CCN1CCCC1CNC(N)=NCc1ccc(Oc2ccccc2OC)cc1.I. The number of ether oxygens (including phenoxy) is 2. The zero-order valence-electron chi connectivity index (χ0n) is 17.1. The Morgan fingerprint density at radius 3 is 2.59 bits per heavy atom. The van der Waals surface area contributed by atoms with E-state index in [0.717, 1.165) is 24.4 Å². The number of nitrogens with two attached hydrogens (primary N) is 1. The van der Waals surface area contributed by atoms with Gasteiger partial charge < -0.3 is 20.5 Å². The summed E-state index contributed by atoms with van der Waals surface area (Å²) in [4.78, 5) is 6.94. The van der Waals surface area contributed by atoms with Crippen molar-refractivity contribution in [2.45, 2.75) is 32.4 Å². The third kappa shape index (κ3) is 6.78. The highest BCUT2D eigenvalue weighted by molar-refractivity contribution is 14.0. The number of hydrogen-bond acceptors (Lipinski definition) is 4. The molecule has 0 radical (unpaired) electrons. The maximum Gasteiger partial charge on any atom is 0.188 e. The van der Waals surface area contributed by atoms with Gasteiger partial charge in [-0.3, -0.25) is 4.90 Å². The molecule has 1 saturated heterocycles. The maximum atomic E-state index is 6.03. The van der Waals surface area contributed by atoms with E-state index in [4.69, 9.17) is 15.2 Å². The number of aliphatic imine (C=N–C) groups is 1. The molecule has 29 heavy (non-hydrogen) atoms. The van der Waals surface area contributed by atoms with Crippen LogP contribution in [0.5, 0.6) is 17.2 Å². The largest absolute Gasteiger partial charge is 0.493 e. The first kappa shape index (κ1) is 23.3. The molecule has 2 aromatic carbocycles. The van der Waals surface area contributed by atoms with Crippen LogP contribution in [0.1, 0.15) is 25.3 Å². The van der Waals surface area contributed by atoms with Gasteiger partial charge in [-0.15, -0.1) is 24.0 Å². The summed E-state index contributed by atoms with van der Waals surface area (Å²) in [6.45, 7) is 5.87. The Morgan fingerprint density at radius 2 is 1.90 bits per heavy atom. The van der Waals surface area contributed by atoms with Crippen molar-refractivity contribution in [3.05, 3.63) is 54.1 Å². The summed E-state index contributed by atoms with van der Waals surface area (Å²) in [6, 6.07) is 16.0. The molecule has 1 fully saturated rings. The molecule has 0 saturated carbocycles. The van der Waals surface area contributed by atoms with Crippen LogP contribution in [-0.2, 0) is 6.54 Å². The van der Waals surface area contributed by atoms with Crippen molar-refractivity contribution in [3.63, 3.8) is 0 Å². The van der Waals surface area contributed by atoms with Crippen LogP contribution in [0.25, 0.3) is 0 Å². The predicted octanol–water partition coefficient (Wildman–Crippen LogP) is 3.99. The van der Waals surface area contributed by atoms with E-state index in [9.17, 15) is 0 Å². The van der Waals surface area contributed by atoms with Gasteiger partial charge in [0.05, 0.1) is 13.7 Å². The van der Waals surface area contributed by atoms with Crippen molar-refractivity contribution in [2.24, 2.45) is 10.7 Å². The zero-order valence-corrected chi connectivity index (χ0v) is 19.5. The van der Waals surface area contributed by atoms with E-state index in [1.165, 1.54) is 19.4 Å². The molecular formula is C22H31IN4O2. The third-order valence-electron chi connectivity index (χ3n) is 5.08. The van der Waals surface area contributed by atoms with E-state index in [-0.39, 0.29) is 24.0 Å². The Morgan fingerprint density at radius 1 is 1.17 bits per heavy atom. The van der Waals surface area contributed by atoms with Gasteiger partial charge in [0.15, 0.2) is 17.5 Å². The van der Waals surface area contributed by atoms with Crippen LogP contribution in [0.3, 0.4) is 0 Å². The van der Waals surface area contributed by atoms with Crippen molar-refractivity contribution in [2.75, 3.05) is 26.7 Å². The van der Waals surface area contributed by atoms with Crippen LogP contribution in [-0.4, -0.2) is 43.6 Å². The lowest BCUT2D eigenvalue weighted by Crippen LogP contribution is -2.42. The minimum Gasteiger partial charge on any atom is -0.493 e. The summed E-state index contributed by atoms with van der Waals surface area (Å²) < 4.78 is 11.2. The number of rotatable bonds is 8. The van der Waals surface area contributed by atoms with E-state index >= 15 is 0 Å². The Labute approximate surface area is 190 Å². The van der Waals surface area contributed by atoms with Crippen molar-refractivity contribution in [3.8, 4) is 17.2 Å². The number of guanidine groups is 1. The number of likely N-dealkylation sites (N-methyl/N-ethyl adjacent to an activating group) is 1. The number of methoxy groups -OCH3 is 1. The van der Waals surface area contributed by atoms with Crippen LogP contribution in [0.4, 0.5) is 0 Å². The molecular weight excluding hydrogens is 479 g/mol. The molecule has 1 heterocycles. The number of benzene rings is 2. The van der Waals surface area contributed by atoms with Gasteiger partial charge in [0.2, 0.25) is 0 Å². The first-order valence-electron chi connectivity index (χ1n) is 9.87. The first-order valence-corrected chi connectivity index (χ1v) is 9.87. The summed E-state index contributed by atoms with van der Waals surface area (Å²) in [6.07, 6.45) is 2.49. The lowest BCUT2D eigenvalue weighted by molar-refractivity contribution is 0.267. The summed E-state index contributed by atoms with van der Waals surface area (Å²) in [5.74, 6) is 2.65. The molecule has 2 aromatic rings. The fraction of sp³-hybridized carbons (Fsp3) is 0.409. The van der Waals surface area contributed by atoms with Gasteiger partial charge in [-0.25, -0.2) is 4.99 Å². The summed E-state index contributed by atoms with van der Waals surface area (Å²) >= 11 is 0. The van der Waals surface area contributed by atoms with Gasteiger partial charge in [-0.2, -0.15) is 0 Å². The number of para-hydroxylation sites is 2. The lowest BCUT2D eigenvalue weighted by atomic mass is 10.2. The molecule has 1 unspecified atom stereocenters. The second-order valence-electron chi connectivity index (χ2n) is 6.90. The second kappa shape index (κ2) is 11.9. The second-order valence-corrected chi connectivity index (χ2v) is 6.90. The molecule has 0 bridgehead atoms. The van der Waals surface area contributed by atoms with E-state index in [1.54, 1.807) is 7.11 Å². The molecule has 0 aromatic heterocycles. The normalized spacial score (nSPS) is 16.9. The Kier molecular flexibility index (Phi) is 9.53. The highest BCUT2D eigenvalue weighted by Gasteiger charge is 2.22. The van der Waals surface area contributed by atoms with E-state index < -0.39 is 0 Å². The Bertz CT molecular complexity index is 783. The molecule has 158 valence electrons. The quantitative estimate of drug-likeness (QED) is 0.319. The number of halogens is 1. The summed E-state index contributed by atoms with van der Waals surface area (Å²) in [5, 5.41) is 3.26. The topological polar surface area (TPSA) is 72.1 Å². The molecule has 1 atom stereocenters. The molecule has 1 aliphatic heterocycles. The molecule has 0 aliphatic carbocycles. The van der Waals surface area contributed by atoms with Crippen molar-refractivity contribution < 1.29 is 9.47 Å². The van der Waals surface area contributed by atoms with Gasteiger partial charge >= 0.3 is 0 Å². The van der Waals surface area contributed by atoms with Crippen LogP contribution in [0, 0.1) is 0 Å².